The summed E-state index contributed by atoms with van der Waals surface area (Å²) < 4.78 is 19.3. The van der Waals surface area contributed by atoms with Gasteiger partial charge >= 0.3 is 7.12 Å². The molecule has 138 valence electrons. The molecule has 2 saturated heterocycles. The zero-order valence-corrected chi connectivity index (χ0v) is 17.4. The fourth-order valence-electron chi connectivity index (χ4n) is 3.27. The van der Waals surface area contributed by atoms with Crippen LogP contribution in [0.15, 0.2) is 22.7 Å². The first-order chi connectivity index (χ1) is 11.8. The maximum atomic E-state index is 6.16. The van der Waals surface area contributed by atoms with E-state index in [1.807, 2.05) is 18.2 Å². The first-order valence-electron chi connectivity index (χ1n) is 9.29. The third-order valence-electron chi connectivity index (χ3n) is 5.58. The van der Waals surface area contributed by atoms with Gasteiger partial charge in [0.15, 0.2) is 0 Å². The van der Waals surface area contributed by atoms with E-state index in [9.17, 15) is 0 Å². The number of likely N-dealkylation sites (tertiary alicyclic amines) is 1. The van der Waals surface area contributed by atoms with E-state index < -0.39 is 0 Å². The van der Waals surface area contributed by atoms with Gasteiger partial charge in [-0.15, -0.1) is 0 Å². The van der Waals surface area contributed by atoms with E-state index in [0.29, 0.717) is 0 Å². The zero-order valence-electron chi connectivity index (χ0n) is 15.8. The van der Waals surface area contributed by atoms with Crippen molar-refractivity contribution < 1.29 is 14.0 Å². The topological polar surface area (TPSA) is 30.9 Å². The fraction of sp³-hybridized carbons (Fsp3) is 0.684. The Morgan fingerprint density at radius 3 is 2.40 bits per heavy atom. The Morgan fingerprint density at radius 2 is 1.76 bits per heavy atom. The molecule has 0 radical (unpaired) electrons. The van der Waals surface area contributed by atoms with E-state index in [4.69, 9.17) is 14.0 Å². The Morgan fingerprint density at radius 1 is 1.12 bits per heavy atom. The summed E-state index contributed by atoms with van der Waals surface area (Å²) in [5.41, 5.74) is 0.295. The molecule has 25 heavy (non-hydrogen) atoms. The summed E-state index contributed by atoms with van der Waals surface area (Å²) >= 11 is 3.69. The lowest BCUT2D eigenvalue weighted by atomic mass is 9.79. The summed E-state index contributed by atoms with van der Waals surface area (Å²) in [6.45, 7) is 12.6. The Bertz CT molecular complexity index is 586. The number of halogens is 1. The molecular weight excluding hydrogens is 381 g/mol. The Kier molecular flexibility index (Phi) is 5.83. The van der Waals surface area contributed by atoms with E-state index in [-0.39, 0.29) is 18.3 Å². The van der Waals surface area contributed by atoms with Crippen LogP contribution in [0.4, 0.5) is 0 Å². The van der Waals surface area contributed by atoms with Crippen molar-refractivity contribution in [3.8, 4) is 5.75 Å². The average Bonchev–Trinajstić information content (AvgIpc) is 3.11. The van der Waals surface area contributed by atoms with Crippen molar-refractivity contribution in [3.05, 3.63) is 22.7 Å². The molecule has 0 atom stereocenters. The molecule has 0 bridgehead atoms. The molecule has 0 N–H and O–H groups in total. The highest BCUT2D eigenvalue weighted by molar-refractivity contribution is 9.10. The van der Waals surface area contributed by atoms with Crippen LogP contribution in [0, 0.1) is 0 Å². The van der Waals surface area contributed by atoms with Gasteiger partial charge in [-0.3, -0.25) is 0 Å². The van der Waals surface area contributed by atoms with Crippen LogP contribution in [0.3, 0.4) is 0 Å². The molecule has 1 aromatic rings. The van der Waals surface area contributed by atoms with Crippen LogP contribution < -0.4 is 10.2 Å². The molecular formula is C19H29BBrNO3. The van der Waals surface area contributed by atoms with Gasteiger partial charge in [0.1, 0.15) is 5.75 Å². The molecule has 6 heteroatoms. The normalized spacial score (nSPS) is 22.5. The van der Waals surface area contributed by atoms with Crippen molar-refractivity contribution in [1.29, 1.82) is 0 Å². The second-order valence-corrected chi connectivity index (χ2v) is 8.79. The predicted octanol–water partition coefficient (Wildman–Crippen LogP) is 3.61. The van der Waals surface area contributed by atoms with E-state index in [1.54, 1.807) is 0 Å². The summed E-state index contributed by atoms with van der Waals surface area (Å²) in [5, 5.41) is 0. The average molecular weight is 410 g/mol. The predicted molar refractivity (Wildman–Crippen MR) is 106 cm³/mol. The molecule has 1 aromatic carbocycles. The van der Waals surface area contributed by atoms with Crippen molar-refractivity contribution in [1.82, 2.24) is 4.90 Å². The lowest BCUT2D eigenvalue weighted by Crippen LogP contribution is -2.41. The first-order valence-corrected chi connectivity index (χ1v) is 10.1. The second kappa shape index (κ2) is 7.59. The van der Waals surface area contributed by atoms with E-state index in [1.165, 1.54) is 25.9 Å². The summed E-state index contributed by atoms with van der Waals surface area (Å²) in [6, 6.07) is 6.03. The van der Waals surface area contributed by atoms with Crippen LogP contribution in [0.1, 0.15) is 47.0 Å². The number of benzene rings is 1. The molecule has 2 heterocycles. The van der Waals surface area contributed by atoms with Gasteiger partial charge in [-0.1, -0.05) is 12.1 Å². The molecule has 2 fully saturated rings. The number of nitrogens with zero attached hydrogens (tertiary/aromatic N) is 1. The highest BCUT2D eigenvalue weighted by Crippen LogP contribution is 2.37. The number of hydrogen-bond donors (Lipinski definition) is 0. The summed E-state index contributed by atoms with van der Waals surface area (Å²) in [4.78, 5) is 2.51. The first kappa shape index (κ1) is 19.2. The molecule has 0 saturated carbocycles. The minimum absolute atomic E-state index is 0.344. The van der Waals surface area contributed by atoms with Gasteiger partial charge in [0.05, 0.1) is 22.3 Å². The molecule has 3 rings (SSSR count). The van der Waals surface area contributed by atoms with Crippen LogP contribution in [0.2, 0.25) is 0 Å². The summed E-state index contributed by atoms with van der Waals surface area (Å²) in [7, 11) is -0.382. The summed E-state index contributed by atoms with van der Waals surface area (Å²) in [5.74, 6) is 0.855. The second-order valence-electron chi connectivity index (χ2n) is 8.00. The molecule has 2 aliphatic rings. The number of rotatable bonds is 6. The van der Waals surface area contributed by atoms with Crippen LogP contribution >= 0.6 is 15.9 Å². The monoisotopic (exact) mass is 409 g/mol. The lowest BCUT2D eigenvalue weighted by molar-refractivity contribution is 0.00578. The largest absolute Gasteiger partial charge is 0.496 e. The highest BCUT2D eigenvalue weighted by atomic mass is 79.9. The molecule has 4 nitrogen and oxygen atoms in total. The molecule has 0 amide bonds. The molecule has 0 spiro atoms. The van der Waals surface area contributed by atoms with Gasteiger partial charge in [-0.25, -0.2) is 0 Å². The van der Waals surface area contributed by atoms with Gasteiger partial charge in [0, 0.05) is 12.0 Å². The SMILES string of the molecule is CC1(C)OB(c2cccc(OCCCN3CCCC3)c2Br)OC1(C)C. The summed E-state index contributed by atoms with van der Waals surface area (Å²) in [6.07, 6.45) is 3.72. The lowest BCUT2D eigenvalue weighted by Gasteiger charge is -2.32. The smallest absolute Gasteiger partial charge is 0.492 e. The third-order valence-corrected chi connectivity index (χ3v) is 6.42. The van der Waals surface area contributed by atoms with Crippen molar-refractivity contribution in [2.24, 2.45) is 0 Å². The molecule has 0 aliphatic carbocycles. The van der Waals surface area contributed by atoms with Crippen molar-refractivity contribution >= 4 is 28.5 Å². The quantitative estimate of drug-likeness (QED) is 0.530. The minimum atomic E-state index is -0.382. The minimum Gasteiger partial charge on any atom is -0.492 e. The number of hydrogen-bond acceptors (Lipinski definition) is 4. The van der Waals surface area contributed by atoms with E-state index in [0.717, 1.165) is 35.3 Å². The van der Waals surface area contributed by atoms with Gasteiger partial charge in [-0.05, 0) is 82.0 Å². The highest BCUT2D eigenvalue weighted by Gasteiger charge is 2.52. The van der Waals surface area contributed by atoms with Gasteiger partial charge < -0.3 is 18.9 Å². The number of ether oxygens (including phenoxy) is 1. The van der Waals surface area contributed by atoms with Crippen LogP contribution in [-0.2, 0) is 9.31 Å². The molecule has 0 aromatic heterocycles. The Balaban J connectivity index is 1.60. The van der Waals surface area contributed by atoms with E-state index >= 15 is 0 Å². The van der Waals surface area contributed by atoms with Crippen LogP contribution in [-0.4, -0.2) is 49.5 Å². The Labute approximate surface area is 160 Å². The van der Waals surface area contributed by atoms with Crippen LogP contribution in [0.5, 0.6) is 5.75 Å². The Hall–Kier alpha value is -0.555. The standard InChI is InChI=1S/C19H29BBrNO3/c1-18(2)19(3,4)25-20(24-18)15-9-7-10-16(17(15)21)23-14-8-13-22-11-5-6-12-22/h7,9-10H,5-6,8,11-14H2,1-4H3. The fourth-order valence-corrected chi connectivity index (χ4v) is 3.83. The molecule has 2 aliphatic heterocycles. The van der Waals surface area contributed by atoms with Crippen molar-refractivity contribution in [2.45, 2.75) is 58.2 Å². The maximum Gasteiger partial charge on any atom is 0.496 e. The van der Waals surface area contributed by atoms with E-state index in [2.05, 4.69) is 48.5 Å². The van der Waals surface area contributed by atoms with Crippen molar-refractivity contribution in [2.75, 3.05) is 26.2 Å². The van der Waals surface area contributed by atoms with Gasteiger partial charge in [-0.2, -0.15) is 0 Å². The van der Waals surface area contributed by atoms with Gasteiger partial charge in [0.25, 0.3) is 0 Å². The maximum absolute atomic E-state index is 6.16. The van der Waals surface area contributed by atoms with Crippen molar-refractivity contribution in [3.63, 3.8) is 0 Å². The van der Waals surface area contributed by atoms with Crippen LogP contribution in [0.25, 0.3) is 0 Å². The third kappa shape index (κ3) is 4.24. The molecule has 0 unspecified atom stereocenters. The van der Waals surface area contributed by atoms with Gasteiger partial charge in [0.2, 0.25) is 0 Å². The zero-order chi connectivity index (χ0) is 18.1.